The van der Waals surface area contributed by atoms with Gasteiger partial charge in [0.05, 0.1) is 0 Å². The quantitative estimate of drug-likeness (QED) is 0.388. The van der Waals surface area contributed by atoms with Gasteiger partial charge in [-0.2, -0.15) is 5.26 Å². The molecule has 0 aromatic rings. The lowest BCUT2D eigenvalue weighted by Crippen LogP contribution is -1.98. The number of aliphatic carboxylic acids is 1. The molecule has 1 N–H and O–H groups in total. The maximum absolute atomic E-state index is 10.2. The number of hydrogen-bond donors (Lipinski definition) is 1. The van der Waals surface area contributed by atoms with E-state index in [1.165, 1.54) is 0 Å². The Morgan fingerprint density at radius 2 is 2.36 bits per heavy atom. The van der Waals surface area contributed by atoms with Crippen molar-refractivity contribution in [3.05, 3.63) is 12.2 Å². The molecular formula is C7H9NO2S. The molecule has 0 aliphatic rings. The normalized spacial score (nSPS) is 8.64. The van der Waals surface area contributed by atoms with E-state index in [0.29, 0.717) is 18.6 Å². The molecule has 0 spiro atoms. The second-order valence-electron chi connectivity index (χ2n) is 1.95. The molecule has 0 bridgehead atoms. The van der Waals surface area contributed by atoms with Gasteiger partial charge in [-0.1, -0.05) is 6.58 Å². The van der Waals surface area contributed by atoms with Gasteiger partial charge in [0.1, 0.15) is 5.40 Å². The van der Waals surface area contributed by atoms with Crippen LogP contribution >= 0.6 is 11.8 Å². The summed E-state index contributed by atoms with van der Waals surface area (Å²) in [4.78, 5) is 10.2. The minimum Gasteiger partial charge on any atom is -0.478 e. The van der Waals surface area contributed by atoms with Crippen LogP contribution in [0.4, 0.5) is 0 Å². The summed E-state index contributed by atoms with van der Waals surface area (Å²) in [6.07, 6.45) is 1.16. The Labute approximate surface area is 69.7 Å². The molecule has 4 heteroatoms. The van der Waals surface area contributed by atoms with Gasteiger partial charge in [0.15, 0.2) is 0 Å². The number of thioether (sulfide) groups is 1. The molecule has 0 aromatic carbocycles. The van der Waals surface area contributed by atoms with Crippen LogP contribution in [0.15, 0.2) is 12.2 Å². The number of nitriles is 1. The van der Waals surface area contributed by atoms with Gasteiger partial charge in [-0.15, -0.1) is 0 Å². The molecule has 0 saturated heterocycles. The van der Waals surface area contributed by atoms with E-state index in [1.807, 2.05) is 5.40 Å². The molecule has 0 aliphatic carbocycles. The fraction of sp³-hybridized carbons (Fsp3) is 0.429. The van der Waals surface area contributed by atoms with Gasteiger partial charge in [0.25, 0.3) is 0 Å². The summed E-state index contributed by atoms with van der Waals surface area (Å²) < 4.78 is 0. The zero-order valence-electron chi connectivity index (χ0n) is 6.04. The Kier molecular flexibility index (Phi) is 5.30. The van der Waals surface area contributed by atoms with Crippen molar-refractivity contribution in [1.82, 2.24) is 0 Å². The average Bonchev–Trinajstić information content (AvgIpc) is 1.97. The first-order chi connectivity index (χ1) is 5.18. The highest BCUT2D eigenvalue weighted by molar-refractivity contribution is 8.03. The SMILES string of the molecule is C=C(CCCSC#N)C(=O)O. The van der Waals surface area contributed by atoms with Crippen molar-refractivity contribution < 1.29 is 9.90 Å². The van der Waals surface area contributed by atoms with Gasteiger partial charge in [-0.25, -0.2) is 4.79 Å². The minimum atomic E-state index is -0.952. The summed E-state index contributed by atoms with van der Waals surface area (Å²) in [5.41, 5.74) is 0.212. The third-order valence-electron chi connectivity index (χ3n) is 1.09. The zero-order chi connectivity index (χ0) is 8.69. The fourth-order valence-corrected chi connectivity index (χ4v) is 0.890. The summed E-state index contributed by atoms with van der Waals surface area (Å²) in [5.74, 6) is -0.282. The van der Waals surface area contributed by atoms with Crippen molar-refractivity contribution >= 4 is 17.7 Å². The van der Waals surface area contributed by atoms with Crippen LogP contribution in [0.3, 0.4) is 0 Å². The first-order valence-electron chi connectivity index (χ1n) is 3.10. The number of carboxylic acids is 1. The van der Waals surface area contributed by atoms with E-state index >= 15 is 0 Å². The van der Waals surface area contributed by atoms with Crippen LogP contribution < -0.4 is 0 Å². The highest BCUT2D eigenvalue weighted by Crippen LogP contribution is 2.07. The van der Waals surface area contributed by atoms with E-state index in [-0.39, 0.29) is 5.57 Å². The lowest BCUT2D eigenvalue weighted by Gasteiger charge is -1.96. The largest absolute Gasteiger partial charge is 0.478 e. The van der Waals surface area contributed by atoms with Crippen molar-refractivity contribution in [2.75, 3.05) is 5.75 Å². The second-order valence-corrected chi connectivity index (χ2v) is 2.83. The number of carboxylic acid groups (broad SMARTS) is 1. The molecule has 0 radical (unpaired) electrons. The molecule has 0 amide bonds. The smallest absolute Gasteiger partial charge is 0.330 e. The molecular weight excluding hydrogens is 162 g/mol. The van der Waals surface area contributed by atoms with Gasteiger partial charge in [0.2, 0.25) is 0 Å². The van der Waals surface area contributed by atoms with Crippen LogP contribution in [0.25, 0.3) is 0 Å². The molecule has 0 aromatic heterocycles. The molecule has 60 valence electrons. The van der Waals surface area contributed by atoms with Crippen LogP contribution in [-0.2, 0) is 4.79 Å². The van der Waals surface area contributed by atoms with Crippen molar-refractivity contribution in [2.45, 2.75) is 12.8 Å². The first-order valence-corrected chi connectivity index (χ1v) is 4.09. The van der Waals surface area contributed by atoms with Crippen molar-refractivity contribution in [2.24, 2.45) is 0 Å². The summed E-state index contributed by atoms with van der Waals surface area (Å²) in [6.45, 7) is 3.36. The molecule has 0 atom stereocenters. The standard InChI is InChI=1S/C7H9NO2S/c1-6(7(9)10)3-2-4-11-5-8/h1-4H2,(H,9,10). The average molecular weight is 171 g/mol. The lowest BCUT2D eigenvalue weighted by atomic mass is 10.2. The summed E-state index contributed by atoms with van der Waals surface area (Å²) in [7, 11) is 0. The van der Waals surface area contributed by atoms with Gasteiger partial charge in [0, 0.05) is 11.3 Å². The van der Waals surface area contributed by atoms with Crippen LogP contribution in [0.1, 0.15) is 12.8 Å². The van der Waals surface area contributed by atoms with E-state index in [2.05, 4.69) is 6.58 Å². The maximum Gasteiger partial charge on any atom is 0.330 e. The Morgan fingerprint density at radius 3 is 2.82 bits per heavy atom. The number of thiocyanates is 1. The highest BCUT2D eigenvalue weighted by atomic mass is 32.2. The third kappa shape index (κ3) is 5.49. The molecule has 0 fully saturated rings. The molecule has 0 saturated carbocycles. The highest BCUT2D eigenvalue weighted by Gasteiger charge is 2.02. The molecule has 0 aliphatic heterocycles. The molecule has 0 rings (SSSR count). The summed E-state index contributed by atoms with van der Waals surface area (Å²) in [5, 5.41) is 18.4. The fourth-order valence-electron chi connectivity index (χ4n) is 0.510. The molecule has 0 unspecified atom stereocenters. The van der Waals surface area contributed by atoms with Gasteiger partial charge in [-0.05, 0) is 24.6 Å². The molecule has 3 nitrogen and oxygen atoms in total. The zero-order valence-corrected chi connectivity index (χ0v) is 6.86. The van der Waals surface area contributed by atoms with E-state index in [1.54, 1.807) is 0 Å². The van der Waals surface area contributed by atoms with Gasteiger partial charge >= 0.3 is 5.97 Å². The van der Waals surface area contributed by atoms with Crippen molar-refractivity contribution in [3.8, 4) is 5.40 Å². The Bertz CT molecular complexity index is 195. The van der Waals surface area contributed by atoms with Crippen LogP contribution in [0, 0.1) is 10.7 Å². The summed E-state index contributed by atoms with van der Waals surface area (Å²) in [6, 6.07) is 0. The second kappa shape index (κ2) is 5.81. The third-order valence-corrected chi connectivity index (χ3v) is 1.71. The van der Waals surface area contributed by atoms with Crippen LogP contribution in [-0.4, -0.2) is 16.8 Å². The van der Waals surface area contributed by atoms with Gasteiger partial charge in [-0.3, -0.25) is 0 Å². The van der Waals surface area contributed by atoms with Crippen LogP contribution in [0.2, 0.25) is 0 Å². The number of carbonyl (C=O) groups is 1. The predicted octanol–water partition coefficient (Wildman–Crippen LogP) is 1.62. The van der Waals surface area contributed by atoms with E-state index in [9.17, 15) is 4.79 Å². The minimum absolute atomic E-state index is 0.212. The van der Waals surface area contributed by atoms with Crippen LogP contribution in [0.5, 0.6) is 0 Å². The lowest BCUT2D eigenvalue weighted by molar-refractivity contribution is -0.132. The van der Waals surface area contributed by atoms with Crippen molar-refractivity contribution in [1.29, 1.82) is 5.26 Å². The number of nitrogens with zero attached hydrogens (tertiary/aromatic N) is 1. The Morgan fingerprint density at radius 1 is 1.73 bits per heavy atom. The number of rotatable bonds is 5. The van der Waals surface area contributed by atoms with Crippen molar-refractivity contribution in [3.63, 3.8) is 0 Å². The topological polar surface area (TPSA) is 61.1 Å². The van der Waals surface area contributed by atoms with E-state index in [0.717, 1.165) is 11.8 Å². The predicted molar refractivity (Wildman–Crippen MR) is 44.1 cm³/mol. The maximum atomic E-state index is 10.2. The summed E-state index contributed by atoms with van der Waals surface area (Å²) >= 11 is 1.13. The van der Waals surface area contributed by atoms with E-state index in [4.69, 9.17) is 10.4 Å². The molecule has 0 heterocycles. The molecule has 11 heavy (non-hydrogen) atoms. The Hall–Kier alpha value is -0.950. The Balaban J connectivity index is 3.34. The van der Waals surface area contributed by atoms with Gasteiger partial charge < -0.3 is 5.11 Å². The monoisotopic (exact) mass is 171 g/mol. The number of hydrogen-bond acceptors (Lipinski definition) is 3. The van der Waals surface area contributed by atoms with E-state index < -0.39 is 5.97 Å². The first kappa shape index (κ1) is 10.0.